The quantitative estimate of drug-likeness (QED) is 0.551. The Balaban J connectivity index is 1.94. The highest BCUT2D eigenvalue weighted by Gasteiger charge is 2.08. The maximum Gasteiger partial charge on any atom is 0.142 e. The number of hydrogen-bond acceptors (Lipinski definition) is 2. The largest absolute Gasteiger partial charge is 0.289 e. The molecule has 0 spiro atoms. The molecule has 0 fully saturated rings. The molecule has 0 bridgehead atoms. The summed E-state index contributed by atoms with van der Waals surface area (Å²) in [7, 11) is 0. The Labute approximate surface area is 134 Å². The van der Waals surface area contributed by atoms with Crippen molar-refractivity contribution < 1.29 is 0 Å². The molecule has 0 saturated heterocycles. The molecule has 1 heterocycles. The van der Waals surface area contributed by atoms with E-state index in [1.54, 1.807) is 4.57 Å². The summed E-state index contributed by atoms with van der Waals surface area (Å²) in [5.74, 6) is 0.845. The van der Waals surface area contributed by atoms with Crippen molar-refractivity contribution >= 4 is 29.2 Å². The summed E-state index contributed by atoms with van der Waals surface area (Å²) in [6.45, 7) is 1.92. The van der Waals surface area contributed by atoms with Crippen LogP contribution in [0.1, 0.15) is 5.82 Å². The molecule has 21 heavy (non-hydrogen) atoms. The second kappa shape index (κ2) is 5.84. The SMILES string of the molecule is Cc1nc(-c2ccc(-c3ccccc3)cc2)cn1C(=S)S. The molecule has 0 aliphatic heterocycles. The lowest BCUT2D eigenvalue weighted by molar-refractivity contribution is 1.06. The number of rotatable bonds is 2. The van der Waals surface area contributed by atoms with Crippen molar-refractivity contribution in [2.24, 2.45) is 0 Å². The minimum absolute atomic E-state index is 0.507. The van der Waals surface area contributed by atoms with Crippen LogP contribution in [-0.4, -0.2) is 13.9 Å². The van der Waals surface area contributed by atoms with Crippen molar-refractivity contribution in [1.82, 2.24) is 9.55 Å². The van der Waals surface area contributed by atoms with Crippen LogP contribution in [0.2, 0.25) is 0 Å². The predicted octanol–water partition coefficient (Wildman–Crippen LogP) is 4.59. The summed E-state index contributed by atoms with van der Waals surface area (Å²) in [4.78, 5) is 4.53. The van der Waals surface area contributed by atoms with E-state index in [0.29, 0.717) is 4.32 Å². The third-order valence-electron chi connectivity index (χ3n) is 3.38. The third kappa shape index (κ3) is 2.91. The normalized spacial score (nSPS) is 10.6. The molecule has 3 rings (SSSR count). The Hall–Kier alpha value is -1.91. The summed E-state index contributed by atoms with van der Waals surface area (Å²) in [6, 6.07) is 18.7. The number of nitrogens with zero attached hydrogens (tertiary/aromatic N) is 2. The maximum absolute atomic E-state index is 5.08. The van der Waals surface area contributed by atoms with Gasteiger partial charge in [0.2, 0.25) is 0 Å². The smallest absolute Gasteiger partial charge is 0.142 e. The number of thiocarbonyl (C=S) groups is 1. The summed E-state index contributed by atoms with van der Waals surface area (Å²) in [5.41, 5.74) is 4.38. The van der Waals surface area contributed by atoms with Crippen molar-refractivity contribution in [3.63, 3.8) is 0 Å². The van der Waals surface area contributed by atoms with Gasteiger partial charge >= 0.3 is 0 Å². The van der Waals surface area contributed by atoms with E-state index < -0.39 is 0 Å². The van der Waals surface area contributed by atoms with Crippen LogP contribution < -0.4 is 0 Å². The standard InChI is InChI=1S/C17H14N2S2/c1-12-18-16(11-19(12)17(20)21)15-9-7-14(8-10-15)13-5-3-2-4-6-13/h2-11H,1H3,(H,20,21). The van der Waals surface area contributed by atoms with Crippen LogP contribution in [0.3, 0.4) is 0 Å². The molecule has 0 radical (unpaired) electrons. The molecule has 0 amide bonds. The fourth-order valence-corrected chi connectivity index (χ4v) is 2.66. The zero-order valence-corrected chi connectivity index (χ0v) is 13.2. The summed E-state index contributed by atoms with van der Waals surface area (Å²) in [5, 5.41) is 0. The first-order chi connectivity index (χ1) is 10.1. The molecule has 1 aromatic heterocycles. The van der Waals surface area contributed by atoms with Crippen LogP contribution in [-0.2, 0) is 0 Å². The number of hydrogen-bond donors (Lipinski definition) is 1. The van der Waals surface area contributed by atoms with Gasteiger partial charge < -0.3 is 0 Å². The second-order valence-electron chi connectivity index (χ2n) is 4.77. The zero-order valence-electron chi connectivity index (χ0n) is 11.5. The van der Waals surface area contributed by atoms with E-state index in [2.05, 4.69) is 54.0 Å². The number of benzene rings is 2. The van der Waals surface area contributed by atoms with Crippen molar-refractivity contribution in [3.05, 3.63) is 66.6 Å². The van der Waals surface area contributed by atoms with E-state index >= 15 is 0 Å². The second-order valence-corrected chi connectivity index (χ2v) is 5.88. The fourth-order valence-electron chi connectivity index (χ4n) is 2.27. The van der Waals surface area contributed by atoms with E-state index in [9.17, 15) is 0 Å². The van der Waals surface area contributed by atoms with Gasteiger partial charge in [0, 0.05) is 11.8 Å². The Morgan fingerprint density at radius 3 is 2.10 bits per heavy atom. The fraction of sp³-hybridized carbons (Fsp3) is 0.0588. The maximum atomic E-state index is 5.08. The first-order valence-corrected chi connectivity index (χ1v) is 7.46. The van der Waals surface area contributed by atoms with Crippen molar-refractivity contribution in [1.29, 1.82) is 0 Å². The molecule has 4 heteroatoms. The average molecular weight is 310 g/mol. The van der Waals surface area contributed by atoms with Crippen LogP contribution in [0.15, 0.2) is 60.8 Å². The van der Waals surface area contributed by atoms with E-state index in [1.165, 1.54) is 11.1 Å². The summed E-state index contributed by atoms with van der Waals surface area (Å²) >= 11 is 9.29. The Morgan fingerprint density at radius 1 is 0.952 bits per heavy atom. The van der Waals surface area contributed by atoms with Crippen LogP contribution >= 0.6 is 24.8 Å². The molecule has 2 nitrogen and oxygen atoms in total. The average Bonchev–Trinajstić information content (AvgIpc) is 2.90. The summed E-state index contributed by atoms with van der Waals surface area (Å²) in [6.07, 6.45) is 1.92. The number of aryl methyl sites for hydroxylation is 1. The number of thiol groups is 1. The monoisotopic (exact) mass is 310 g/mol. The molecule has 0 aliphatic carbocycles. The first kappa shape index (κ1) is 14.0. The minimum atomic E-state index is 0.507. The van der Waals surface area contributed by atoms with Crippen LogP contribution in [0.5, 0.6) is 0 Å². The van der Waals surface area contributed by atoms with Gasteiger partial charge in [0.05, 0.1) is 5.69 Å². The van der Waals surface area contributed by atoms with Crippen molar-refractivity contribution in [2.75, 3.05) is 0 Å². The molecular formula is C17H14N2S2. The number of imidazole rings is 1. The van der Waals surface area contributed by atoms with E-state index in [1.807, 2.05) is 31.3 Å². The lowest BCUT2D eigenvalue weighted by Gasteiger charge is -2.02. The van der Waals surface area contributed by atoms with Crippen molar-refractivity contribution in [2.45, 2.75) is 6.92 Å². The van der Waals surface area contributed by atoms with Crippen LogP contribution in [0.25, 0.3) is 22.4 Å². The van der Waals surface area contributed by atoms with Gasteiger partial charge in [-0.15, -0.1) is 12.6 Å². The van der Waals surface area contributed by atoms with Gasteiger partial charge in [-0.1, -0.05) is 66.8 Å². The summed E-state index contributed by atoms with van der Waals surface area (Å²) < 4.78 is 2.31. The van der Waals surface area contributed by atoms with Gasteiger partial charge in [-0.25, -0.2) is 4.98 Å². The van der Waals surface area contributed by atoms with Crippen molar-refractivity contribution in [3.8, 4) is 22.4 Å². The molecule has 2 aromatic carbocycles. The van der Waals surface area contributed by atoms with Gasteiger partial charge in [-0.2, -0.15) is 0 Å². The highest BCUT2D eigenvalue weighted by atomic mass is 32.1. The lowest BCUT2D eigenvalue weighted by atomic mass is 10.0. The highest BCUT2D eigenvalue weighted by Crippen LogP contribution is 2.24. The Kier molecular flexibility index (Phi) is 3.90. The highest BCUT2D eigenvalue weighted by molar-refractivity contribution is 8.11. The number of aromatic nitrogens is 2. The van der Waals surface area contributed by atoms with Gasteiger partial charge in [0.15, 0.2) is 0 Å². The molecule has 104 valence electrons. The molecule has 0 atom stereocenters. The molecule has 0 unspecified atom stereocenters. The van der Waals surface area contributed by atoms with Crippen LogP contribution in [0.4, 0.5) is 0 Å². The topological polar surface area (TPSA) is 17.8 Å². The van der Waals surface area contributed by atoms with Gasteiger partial charge in [0.25, 0.3) is 0 Å². The third-order valence-corrected chi connectivity index (χ3v) is 3.79. The minimum Gasteiger partial charge on any atom is -0.289 e. The first-order valence-electron chi connectivity index (χ1n) is 6.60. The molecular weight excluding hydrogens is 296 g/mol. The van der Waals surface area contributed by atoms with Gasteiger partial charge in [-0.3, -0.25) is 4.57 Å². The molecule has 0 aliphatic rings. The van der Waals surface area contributed by atoms with Gasteiger partial charge in [-0.05, 0) is 18.1 Å². The van der Waals surface area contributed by atoms with E-state index in [4.69, 9.17) is 12.2 Å². The molecule has 0 saturated carbocycles. The van der Waals surface area contributed by atoms with E-state index in [-0.39, 0.29) is 0 Å². The lowest BCUT2D eigenvalue weighted by Crippen LogP contribution is -2.01. The van der Waals surface area contributed by atoms with E-state index in [0.717, 1.165) is 17.1 Å². The predicted molar refractivity (Wildman–Crippen MR) is 94.8 cm³/mol. The Bertz CT molecular complexity index is 774. The molecule has 0 N–H and O–H groups in total. The van der Waals surface area contributed by atoms with Crippen LogP contribution in [0, 0.1) is 6.92 Å². The van der Waals surface area contributed by atoms with Gasteiger partial charge in [0.1, 0.15) is 10.1 Å². The molecule has 3 aromatic rings. The zero-order chi connectivity index (χ0) is 14.8. The Morgan fingerprint density at radius 2 is 1.52 bits per heavy atom.